The molecule has 144 valence electrons. The van der Waals surface area contributed by atoms with Crippen LogP contribution in [0, 0.1) is 6.92 Å². The third kappa shape index (κ3) is 4.64. The van der Waals surface area contributed by atoms with E-state index in [0.717, 1.165) is 10.5 Å². The highest BCUT2D eigenvalue weighted by Crippen LogP contribution is 2.14. The normalized spacial score (nSPS) is 17.4. The highest BCUT2D eigenvalue weighted by molar-refractivity contribution is 6.04. The zero-order valence-electron chi connectivity index (χ0n) is 15.3. The Morgan fingerprint density at radius 3 is 2.15 bits per heavy atom. The van der Waals surface area contributed by atoms with E-state index in [1.807, 2.05) is 25.1 Å². The molecule has 8 nitrogen and oxygen atoms in total. The van der Waals surface area contributed by atoms with Crippen LogP contribution in [0.25, 0.3) is 0 Å². The van der Waals surface area contributed by atoms with Crippen molar-refractivity contribution in [3.63, 3.8) is 0 Å². The maximum Gasteiger partial charge on any atom is 0.260 e. The van der Waals surface area contributed by atoms with Gasteiger partial charge in [-0.2, -0.15) is 0 Å². The van der Waals surface area contributed by atoms with Crippen molar-refractivity contribution < 1.29 is 23.9 Å². The van der Waals surface area contributed by atoms with Crippen molar-refractivity contribution in [3.05, 3.63) is 29.8 Å². The molecule has 3 rings (SSSR count). The number of carbonyl (C=O) groups is 4. The topological polar surface area (TPSA) is 87.2 Å². The summed E-state index contributed by atoms with van der Waals surface area (Å²) in [5, 5.41) is 0. The number of hydrogen-bond donors (Lipinski definition) is 0. The van der Waals surface area contributed by atoms with Gasteiger partial charge < -0.3 is 14.5 Å². The number of hydrogen-bond acceptors (Lipinski definition) is 5. The molecule has 1 aromatic carbocycles. The number of amides is 4. The van der Waals surface area contributed by atoms with Crippen molar-refractivity contribution >= 4 is 23.6 Å². The second-order valence-corrected chi connectivity index (χ2v) is 6.74. The molecule has 1 aromatic rings. The van der Waals surface area contributed by atoms with Crippen LogP contribution < -0.4 is 4.74 Å². The molecule has 0 aliphatic carbocycles. The van der Waals surface area contributed by atoms with E-state index in [4.69, 9.17) is 4.74 Å². The molecule has 0 radical (unpaired) electrons. The minimum atomic E-state index is -0.296. The number of nitrogens with zero attached hydrogens (tertiary/aromatic N) is 3. The summed E-state index contributed by atoms with van der Waals surface area (Å²) in [6.45, 7) is 3.27. The minimum absolute atomic E-state index is 0.0474. The zero-order chi connectivity index (χ0) is 19.4. The molecule has 0 unspecified atom stereocenters. The summed E-state index contributed by atoms with van der Waals surface area (Å²) in [5.41, 5.74) is 1.06. The Balaban J connectivity index is 1.44. The Kier molecular flexibility index (Phi) is 5.73. The van der Waals surface area contributed by atoms with Crippen LogP contribution in [0.5, 0.6) is 5.75 Å². The number of benzene rings is 1. The number of rotatable bonds is 5. The summed E-state index contributed by atoms with van der Waals surface area (Å²) >= 11 is 0. The lowest BCUT2D eigenvalue weighted by Crippen LogP contribution is -2.53. The van der Waals surface area contributed by atoms with Gasteiger partial charge in [-0.25, -0.2) is 0 Å². The molecule has 27 heavy (non-hydrogen) atoms. The van der Waals surface area contributed by atoms with Crippen LogP contribution in [0.4, 0.5) is 0 Å². The van der Waals surface area contributed by atoms with Gasteiger partial charge in [-0.15, -0.1) is 0 Å². The molecular weight excluding hydrogens is 350 g/mol. The van der Waals surface area contributed by atoms with Crippen LogP contribution in [-0.4, -0.2) is 77.7 Å². The van der Waals surface area contributed by atoms with Gasteiger partial charge in [-0.3, -0.25) is 24.1 Å². The van der Waals surface area contributed by atoms with Gasteiger partial charge in [0.2, 0.25) is 17.7 Å². The van der Waals surface area contributed by atoms with Crippen molar-refractivity contribution in [2.75, 3.05) is 39.3 Å². The monoisotopic (exact) mass is 373 g/mol. The Labute approximate surface area is 157 Å². The number of carbonyl (C=O) groups excluding carboxylic acids is 4. The van der Waals surface area contributed by atoms with Gasteiger partial charge in [0.05, 0.1) is 0 Å². The number of piperazine rings is 1. The molecule has 0 atom stereocenters. The van der Waals surface area contributed by atoms with Crippen molar-refractivity contribution in [3.8, 4) is 5.75 Å². The number of ether oxygens (including phenoxy) is 1. The van der Waals surface area contributed by atoms with Gasteiger partial charge in [0.25, 0.3) is 5.91 Å². The summed E-state index contributed by atoms with van der Waals surface area (Å²) in [6.07, 6.45) is 0.352. The van der Waals surface area contributed by atoms with E-state index >= 15 is 0 Å². The Morgan fingerprint density at radius 2 is 1.56 bits per heavy atom. The average molecular weight is 373 g/mol. The molecule has 2 saturated heterocycles. The lowest BCUT2D eigenvalue weighted by atomic mass is 10.2. The standard InChI is InChI=1S/C19H23N3O5/c1-14-3-2-4-15(11-14)27-13-19(26)21-9-7-20(8-10-21)18(25)12-22-16(23)5-6-17(22)24/h2-4,11H,5-10,12-13H2,1H3. The SMILES string of the molecule is Cc1cccc(OCC(=O)N2CCN(C(=O)CN3C(=O)CCC3=O)CC2)c1. The lowest BCUT2D eigenvalue weighted by Gasteiger charge is -2.35. The Bertz CT molecular complexity index is 739. The molecule has 0 bridgehead atoms. The van der Waals surface area contributed by atoms with Gasteiger partial charge in [0, 0.05) is 39.0 Å². The Morgan fingerprint density at radius 1 is 0.963 bits per heavy atom. The maximum absolute atomic E-state index is 12.3. The largest absolute Gasteiger partial charge is 0.484 e. The van der Waals surface area contributed by atoms with Gasteiger partial charge in [0.15, 0.2) is 6.61 Å². The quantitative estimate of drug-likeness (QED) is 0.688. The number of imide groups is 1. The first-order valence-electron chi connectivity index (χ1n) is 9.02. The molecule has 2 heterocycles. The predicted octanol–water partition coefficient (Wildman–Crippen LogP) is 0.194. The van der Waals surface area contributed by atoms with E-state index < -0.39 is 0 Å². The first-order valence-corrected chi connectivity index (χ1v) is 9.02. The molecule has 4 amide bonds. The van der Waals surface area contributed by atoms with Crippen LogP contribution in [0.1, 0.15) is 18.4 Å². The summed E-state index contributed by atoms with van der Waals surface area (Å²) in [7, 11) is 0. The molecule has 8 heteroatoms. The highest BCUT2D eigenvalue weighted by atomic mass is 16.5. The zero-order valence-corrected chi connectivity index (χ0v) is 15.3. The fourth-order valence-electron chi connectivity index (χ4n) is 3.18. The molecule has 0 N–H and O–H groups in total. The molecule has 0 saturated carbocycles. The third-order valence-corrected chi connectivity index (χ3v) is 4.79. The molecule has 2 fully saturated rings. The number of aryl methyl sites for hydroxylation is 1. The van der Waals surface area contributed by atoms with Crippen LogP contribution in [0.3, 0.4) is 0 Å². The lowest BCUT2D eigenvalue weighted by molar-refractivity contribution is -0.147. The van der Waals surface area contributed by atoms with Crippen molar-refractivity contribution in [2.24, 2.45) is 0 Å². The van der Waals surface area contributed by atoms with Gasteiger partial charge in [-0.1, -0.05) is 12.1 Å². The van der Waals surface area contributed by atoms with Crippen LogP contribution in [0.2, 0.25) is 0 Å². The van der Waals surface area contributed by atoms with E-state index in [1.54, 1.807) is 15.9 Å². The maximum atomic E-state index is 12.3. The van der Waals surface area contributed by atoms with Gasteiger partial charge in [-0.05, 0) is 24.6 Å². The second kappa shape index (κ2) is 8.20. The predicted molar refractivity (Wildman–Crippen MR) is 95.8 cm³/mol. The number of likely N-dealkylation sites (tertiary alicyclic amines) is 1. The van der Waals surface area contributed by atoms with Crippen LogP contribution in [-0.2, 0) is 19.2 Å². The fourth-order valence-corrected chi connectivity index (χ4v) is 3.18. The van der Waals surface area contributed by atoms with E-state index in [0.29, 0.717) is 31.9 Å². The summed E-state index contributed by atoms with van der Waals surface area (Å²) in [4.78, 5) is 52.1. The van der Waals surface area contributed by atoms with E-state index in [9.17, 15) is 19.2 Å². The molecule has 0 aromatic heterocycles. The minimum Gasteiger partial charge on any atom is -0.484 e. The van der Waals surface area contributed by atoms with Crippen molar-refractivity contribution in [1.82, 2.24) is 14.7 Å². The van der Waals surface area contributed by atoms with E-state index in [2.05, 4.69) is 0 Å². The van der Waals surface area contributed by atoms with E-state index in [-0.39, 0.29) is 49.6 Å². The van der Waals surface area contributed by atoms with Crippen molar-refractivity contribution in [2.45, 2.75) is 19.8 Å². The molecular formula is C19H23N3O5. The van der Waals surface area contributed by atoms with Gasteiger partial charge in [0.1, 0.15) is 12.3 Å². The van der Waals surface area contributed by atoms with Gasteiger partial charge >= 0.3 is 0 Å². The van der Waals surface area contributed by atoms with Crippen LogP contribution >= 0.6 is 0 Å². The smallest absolute Gasteiger partial charge is 0.260 e. The Hall–Kier alpha value is -2.90. The molecule has 2 aliphatic heterocycles. The molecule has 2 aliphatic rings. The van der Waals surface area contributed by atoms with Crippen LogP contribution in [0.15, 0.2) is 24.3 Å². The fraction of sp³-hybridized carbons (Fsp3) is 0.474. The third-order valence-electron chi connectivity index (χ3n) is 4.79. The average Bonchev–Trinajstić information content (AvgIpc) is 2.98. The first kappa shape index (κ1) is 18.9. The second-order valence-electron chi connectivity index (χ2n) is 6.74. The summed E-state index contributed by atoms with van der Waals surface area (Å²) < 4.78 is 5.54. The van der Waals surface area contributed by atoms with Crippen molar-refractivity contribution in [1.29, 1.82) is 0 Å². The highest BCUT2D eigenvalue weighted by Gasteiger charge is 2.33. The summed E-state index contributed by atoms with van der Waals surface area (Å²) in [6, 6.07) is 7.49. The van der Waals surface area contributed by atoms with E-state index in [1.165, 1.54) is 0 Å². The molecule has 0 spiro atoms. The first-order chi connectivity index (χ1) is 12.9. The summed E-state index contributed by atoms with van der Waals surface area (Å²) in [5.74, 6) is -0.335.